The Hall–Kier alpha value is -2.42. The fourth-order valence-corrected chi connectivity index (χ4v) is 2.37. The maximum atomic E-state index is 12.0. The van der Waals surface area contributed by atoms with E-state index in [0.717, 1.165) is 16.7 Å². The molecule has 0 saturated carbocycles. The van der Waals surface area contributed by atoms with Crippen LogP contribution in [0.5, 0.6) is 0 Å². The third-order valence-corrected chi connectivity index (χ3v) is 3.60. The molecule has 0 aliphatic heterocycles. The Morgan fingerprint density at radius 1 is 0.955 bits per heavy atom. The van der Waals surface area contributed by atoms with E-state index < -0.39 is 0 Å². The summed E-state index contributed by atoms with van der Waals surface area (Å²) in [6, 6.07) is 18.0. The first-order chi connectivity index (χ1) is 10.6. The SMILES string of the molecule is COC(=O)[C@H](C)CC(=O)Cc1ccc(-c2ccccc2)cc1. The van der Waals surface area contributed by atoms with Gasteiger partial charge in [-0.15, -0.1) is 0 Å². The second kappa shape index (κ2) is 7.55. The van der Waals surface area contributed by atoms with Gasteiger partial charge in [0.25, 0.3) is 0 Å². The summed E-state index contributed by atoms with van der Waals surface area (Å²) in [6.07, 6.45) is 0.559. The molecule has 0 amide bonds. The molecule has 0 unspecified atom stereocenters. The average Bonchev–Trinajstić information content (AvgIpc) is 2.55. The van der Waals surface area contributed by atoms with E-state index in [0.29, 0.717) is 6.42 Å². The zero-order valence-corrected chi connectivity index (χ0v) is 12.9. The minimum absolute atomic E-state index is 0.0466. The molecule has 2 rings (SSSR count). The molecule has 0 bridgehead atoms. The van der Waals surface area contributed by atoms with Crippen LogP contribution in [0.25, 0.3) is 11.1 Å². The molecule has 0 heterocycles. The fourth-order valence-electron chi connectivity index (χ4n) is 2.37. The summed E-state index contributed by atoms with van der Waals surface area (Å²) in [5, 5.41) is 0. The van der Waals surface area contributed by atoms with Gasteiger partial charge in [0.15, 0.2) is 0 Å². The first-order valence-electron chi connectivity index (χ1n) is 7.34. The lowest BCUT2D eigenvalue weighted by molar-refractivity contribution is -0.146. The molecule has 0 fully saturated rings. The molecule has 22 heavy (non-hydrogen) atoms. The van der Waals surface area contributed by atoms with Crippen molar-refractivity contribution in [2.24, 2.45) is 5.92 Å². The highest BCUT2D eigenvalue weighted by Crippen LogP contribution is 2.19. The third kappa shape index (κ3) is 4.29. The molecule has 2 aromatic rings. The van der Waals surface area contributed by atoms with Crippen LogP contribution in [0.2, 0.25) is 0 Å². The Bertz CT molecular complexity index is 629. The van der Waals surface area contributed by atoms with E-state index in [1.807, 2.05) is 42.5 Å². The van der Waals surface area contributed by atoms with E-state index in [1.165, 1.54) is 7.11 Å². The Morgan fingerprint density at radius 2 is 1.55 bits per heavy atom. The zero-order chi connectivity index (χ0) is 15.9. The van der Waals surface area contributed by atoms with Gasteiger partial charge in [0.1, 0.15) is 5.78 Å². The largest absolute Gasteiger partial charge is 0.469 e. The third-order valence-electron chi connectivity index (χ3n) is 3.60. The summed E-state index contributed by atoms with van der Waals surface area (Å²) in [7, 11) is 1.34. The lowest BCUT2D eigenvalue weighted by atomic mass is 9.98. The molecule has 0 spiro atoms. The van der Waals surface area contributed by atoms with Crippen molar-refractivity contribution in [1.29, 1.82) is 0 Å². The number of Topliss-reactive ketones (excluding diaryl/α,β-unsaturated/α-hetero) is 1. The molecule has 1 atom stereocenters. The van der Waals surface area contributed by atoms with Crippen molar-refractivity contribution >= 4 is 11.8 Å². The monoisotopic (exact) mass is 296 g/mol. The second-order valence-corrected chi connectivity index (χ2v) is 5.41. The Morgan fingerprint density at radius 3 is 2.14 bits per heavy atom. The number of hydrogen-bond acceptors (Lipinski definition) is 3. The van der Waals surface area contributed by atoms with Crippen LogP contribution >= 0.6 is 0 Å². The average molecular weight is 296 g/mol. The topological polar surface area (TPSA) is 43.4 Å². The van der Waals surface area contributed by atoms with Gasteiger partial charge in [-0.25, -0.2) is 0 Å². The van der Waals surface area contributed by atoms with Gasteiger partial charge in [-0.1, -0.05) is 61.5 Å². The molecule has 114 valence electrons. The number of ketones is 1. The van der Waals surface area contributed by atoms with Crippen LogP contribution in [0.15, 0.2) is 54.6 Å². The number of benzene rings is 2. The predicted molar refractivity (Wildman–Crippen MR) is 86.4 cm³/mol. The molecular weight excluding hydrogens is 276 g/mol. The molecule has 0 aromatic heterocycles. The highest BCUT2D eigenvalue weighted by Gasteiger charge is 2.17. The van der Waals surface area contributed by atoms with Gasteiger partial charge >= 0.3 is 5.97 Å². The van der Waals surface area contributed by atoms with Crippen molar-refractivity contribution in [1.82, 2.24) is 0 Å². The molecule has 3 heteroatoms. The van der Waals surface area contributed by atoms with Gasteiger partial charge < -0.3 is 4.74 Å². The van der Waals surface area contributed by atoms with E-state index in [2.05, 4.69) is 16.9 Å². The Labute approximate surface area is 130 Å². The van der Waals surface area contributed by atoms with E-state index in [9.17, 15) is 9.59 Å². The smallest absolute Gasteiger partial charge is 0.308 e. The minimum atomic E-state index is -0.388. The molecular formula is C19H20O3. The lowest BCUT2D eigenvalue weighted by Crippen LogP contribution is -2.17. The van der Waals surface area contributed by atoms with Gasteiger partial charge in [0, 0.05) is 12.8 Å². The van der Waals surface area contributed by atoms with Crippen molar-refractivity contribution < 1.29 is 14.3 Å². The number of esters is 1. The van der Waals surface area contributed by atoms with Crippen molar-refractivity contribution in [3.05, 3.63) is 60.2 Å². The predicted octanol–water partition coefficient (Wildman–Crippen LogP) is 3.66. The van der Waals surface area contributed by atoms with E-state index in [1.54, 1.807) is 6.92 Å². The Balaban J connectivity index is 1.97. The Kier molecular flexibility index (Phi) is 5.48. The van der Waals surface area contributed by atoms with Crippen molar-refractivity contribution in [3.8, 4) is 11.1 Å². The molecule has 0 N–H and O–H groups in total. The van der Waals surface area contributed by atoms with E-state index in [-0.39, 0.29) is 24.1 Å². The number of rotatable bonds is 6. The number of hydrogen-bond donors (Lipinski definition) is 0. The van der Waals surface area contributed by atoms with Crippen LogP contribution in [0.3, 0.4) is 0 Å². The summed E-state index contributed by atoms with van der Waals surface area (Å²) in [6.45, 7) is 1.71. The van der Waals surface area contributed by atoms with Crippen LogP contribution in [-0.2, 0) is 20.7 Å². The number of ether oxygens (including phenoxy) is 1. The van der Waals surface area contributed by atoms with Gasteiger partial charge in [0.05, 0.1) is 13.0 Å². The molecule has 0 aliphatic carbocycles. The number of methoxy groups -OCH3 is 1. The number of carbonyl (C=O) groups excluding carboxylic acids is 2. The van der Waals surface area contributed by atoms with E-state index >= 15 is 0 Å². The van der Waals surface area contributed by atoms with Crippen LogP contribution in [0.4, 0.5) is 0 Å². The second-order valence-electron chi connectivity index (χ2n) is 5.41. The van der Waals surface area contributed by atoms with E-state index in [4.69, 9.17) is 0 Å². The van der Waals surface area contributed by atoms with Gasteiger partial charge in [-0.05, 0) is 16.7 Å². The maximum absolute atomic E-state index is 12.0. The molecule has 0 radical (unpaired) electrons. The van der Waals surface area contributed by atoms with Crippen molar-refractivity contribution in [3.63, 3.8) is 0 Å². The first-order valence-corrected chi connectivity index (χ1v) is 7.34. The summed E-state index contributed by atoms with van der Waals surface area (Å²) in [4.78, 5) is 23.3. The first kappa shape index (κ1) is 16.0. The summed E-state index contributed by atoms with van der Waals surface area (Å²) in [5.41, 5.74) is 3.24. The maximum Gasteiger partial charge on any atom is 0.308 e. The van der Waals surface area contributed by atoms with Crippen LogP contribution in [0, 0.1) is 5.92 Å². The van der Waals surface area contributed by atoms with Crippen LogP contribution < -0.4 is 0 Å². The van der Waals surface area contributed by atoms with Gasteiger partial charge in [-0.3, -0.25) is 9.59 Å². The summed E-state index contributed by atoms with van der Waals surface area (Å²) < 4.78 is 4.64. The highest BCUT2D eigenvalue weighted by atomic mass is 16.5. The zero-order valence-electron chi connectivity index (χ0n) is 12.9. The normalized spacial score (nSPS) is 11.7. The number of carbonyl (C=O) groups is 2. The fraction of sp³-hybridized carbons (Fsp3) is 0.263. The van der Waals surface area contributed by atoms with Crippen LogP contribution in [0.1, 0.15) is 18.9 Å². The highest BCUT2D eigenvalue weighted by molar-refractivity contribution is 5.85. The minimum Gasteiger partial charge on any atom is -0.469 e. The molecule has 0 aliphatic rings. The standard InChI is InChI=1S/C19H20O3/c1-14(19(21)22-2)12-18(20)13-15-8-10-17(11-9-15)16-6-4-3-5-7-16/h3-11,14H,12-13H2,1-2H3/t14-/m1/s1. The van der Waals surface area contributed by atoms with Crippen molar-refractivity contribution in [2.75, 3.05) is 7.11 Å². The molecule has 2 aromatic carbocycles. The van der Waals surface area contributed by atoms with Crippen molar-refractivity contribution in [2.45, 2.75) is 19.8 Å². The van der Waals surface area contributed by atoms with Gasteiger partial charge in [0.2, 0.25) is 0 Å². The summed E-state index contributed by atoms with van der Waals surface area (Å²) >= 11 is 0. The van der Waals surface area contributed by atoms with Crippen LogP contribution in [-0.4, -0.2) is 18.9 Å². The molecule has 3 nitrogen and oxygen atoms in total. The van der Waals surface area contributed by atoms with Gasteiger partial charge in [-0.2, -0.15) is 0 Å². The summed E-state index contributed by atoms with van der Waals surface area (Å²) in [5.74, 6) is -0.681. The quantitative estimate of drug-likeness (QED) is 0.764. The lowest BCUT2D eigenvalue weighted by Gasteiger charge is -2.08. The molecule has 0 saturated heterocycles.